The Morgan fingerprint density at radius 1 is 1.45 bits per heavy atom. The molecule has 1 aliphatic heterocycles. The van der Waals surface area contributed by atoms with Crippen LogP contribution in [0.2, 0.25) is 0 Å². The molecule has 3 heterocycles. The van der Waals surface area contributed by atoms with Gasteiger partial charge < -0.3 is 9.84 Å². The summed E-state index contributed by atoms with van der Waals surface area (Å²) in [7, 11) is 0. The molecule has 0 aromatic carbocycles. The summed E-state index contributed by atoms with van der Waals surface area (Å²) >= 11 is 1.44. The van der Waals surface area contributed by atoms with E-state index in [9.17, 15) is 9.59 Å². The van der Waals surface area contributed by atoms with E-state index in [1.165, 1.54) is 22.1 Å². The fourth-order valence-electron chi connectivity index (χ4n) is 2.33. The zero-order chi connectivity index (χ0) is 14.1. The Kier molecular flexibility index (Phi) is 3.56. The minimum absolute atomic E-state index is 0.0631. The van der Waals surface area contributed by atoms with E-state index in [0.29, 0.717) is 18.4 Å². The molecule has 7 heteroatoms. The van der Waals surface area contributed by atoms with Crippen molar-refractivity contribution < 1.29 is 9.84 Å². The van der Waals surface area contributed by atoms with Crippen molar-refractivity contribution in [1.29, 1.82) is 0 Å². The van der Waals surface area contributed by atoms with E-state index >= 15 is 0 Å². The van der Waals surface area contributed by atoms with Crippen molar-refractivity contribution in [2.24, 2.45) is 0 Å². The summed E-state index contributed by atoms with van der Waals surface area (Å²) in [6.45, 7) is -0.0631. The summed E-state index contributed by atoms with van der Waals surface area (Å²) in [5.41, 5.74) is -0.431. The molecule has 2 atom stereocenters. The second-order valence-electron chi connectivity index (χ2n) is 4.66. The first kappa shape index (κ1) is 13.3. The van der Waals surface area contributed by atoms with E-state index in [2.05, 4.69) is 4.98 Å². The number of aliphatic hydroxyl groups is 1. The molecule has 1 aliphatic rings. The zero-order valence-electron chi connectivity index (χ0n) is 10.6. The molecule has 106 valence electrons. The SMILES string of the molecule is O=c1[nH]c(=O)n(C2CC[C@@H](CO)O2)cc1-c1cccs1. The van der Waals surface area contributed by atoms with Crippen LogP contribution in [-0.2, 0) is 4.74 Å². The van der Waals surface area contributed by atoms with Crippen LogP contribution < -0.4 is 11.2 Å². The number of H-pyrrole nitrogens is 1. The first-order valence-electron chi connectivity index (χ1n) is 6.34. The van der Waals surface area contributed by atoms with Gasteiger partial charge in [-0.2, -0.15) is 0 Å². The fourth-order valence-corrected chi connectivity index (χ4v) is 3.07. The third kappa shape index (κ3) is 2.35. The van der Waals surface area contributed by atoms with Gasteiger partial charge in [-0.05, 0) is 24.3 Å². The number of aliphatic hydroxyl groups excluding tert-OH is 1. The third-order valence-electron chi connectivity index (χ3n) is 3.35. The van der Waals surface area contributed by atoms with E-state index < -0.39 is 17.5 Å². The quantitative estimate of drug-likeness (QED) is 0.882. The number of aromatic nitrogens is 2. The second kappa shape index (κ2) is 5.35. The summed E-state index contributed by atoms with van der Waals surface area (Å²) in [5.74, 6) is 0. The molecular formula is C13H14N2O4S. The van der Waals surface area contributed by atoms with E-state index in [4.69, 9.17) is 9.84 Å². The Balaban J connectivity index is 2.02. The number of thiophene rings is 1. The van der Waals surface area contributed by atoms with Gasteiger partial charge in [-0.25, -0.2) is 4.79 Å². The van der Waals surface area contributed by atoms with Gasteiger partial charge in [-0.3, -0.25) is 14.3 Å². The van der Waals surface area contributed by atoms with Crippen LogP contribution in [0.3, 0.4) is 0 Å². The van der Waals surface area contributed by atoms with Gasteiger partial charge in [0.05, 0.1) is 18.3 Å². The summed E-state index contributed by atoms with van der Waals surface area (Å²) in [6, 6.07) is 3.68. The molecule has 6 nitrogen and oxygen atoms in total. The number of aromatic amines is 1. The Morgan fingerprint density at radius 2 is 2.30 bits per heavy atom. The van der Waals surface area contributed by atoms with Crippen LogP contribution in [0, 0.1) is 0 Å². The molecule has 0 radical (unpaired) electrons. The van der Waals surface area contributed by atoms with Crippen LogP contribution in [0.15, 0.2) is 33.3 Å². The molecule has 0 saturated carbocycles. The molecule has 1 unspecified atom stereocenters. The van der Waals surface area contributed by atoms with Crippen LogP contribution in [0.5, 0.6) is 0 Å². The Labute approximate surface area is 118 Å². The number of nitrogens with one attached hydrogen (secondary N) is 1. The standard InChI is InChI=1S/C13H14N2O4S/c16-7-8-3-4-11(19-8)15-6-9(10-2-1-5-20-10)12(17)14-13(15)18/h1-2,5-6,8,11,16H,3-4,7H2,(H,14,17,18)/t8-,11?/m0/s1. The van der Waals surface area contributed by atoms with Crippen LogP contribution in [0.4, 0.5) is 0 Å². The zero-order valence-corrected chi connectivity index (χ0v) is 11.4. The molecule has 0 spiro atoms. The van der Waals surface area contributed by atoms with E-state index in [-0.39, 0.29) is 12.7 Å². The smallest absolute Gasteiger partial charge is 0.330 e. The predicted octanol–water partition coefficient (Wildman–Crippen LogP) is 0.935. The minimum Gasteiger partial charge on any atom is -0.394 e. The molecule has 0 bridgehead atoms. The topological polar surface area (TPSA) is 84.3 Å². The average molecular weight is 294 g/mol. The highest BCUT2D eigenvalue weighted by molar-refractivity contribution is 7.13. The van der Waals surface area contributed by atoms with Gasteiger partial charge in [-0.15, -0.1) is 11.3 Å². The largest absolute Gasteiger partial charge is 0.394 e. The first-order valence-corrected chi connectivity index (χ1v) is 7.22. The van der Waals surface area contributed by atoms with Crippen molar-refractivity contribution in [3.63, 3.8) is 0 Å². The van der Waals surface area contributed by atoms with E-state index in [0.717, 1.165) is 4.88 Å². The molecule has 1 saturated heterocycles. The minimum atomic E-state index is -0.487. The van der Waals surface area contributed by atoms with Crippen LogP contribution >= 0.6 is 11.3 Å². The van der Waals surface area contributed by atoms with Crippen molar-refractivity contribution in [3.8, 4) is 10.4 Å². The third-order valence-corrected chi connectivity index (χ3v) is 4.26. The van der Waals surface area contributed by atoms with Crippen molar-refractivity contribution in [3.05, 3.63) is 44.5 Å². The van der Waals surface area contributed by atoms with Gasteiger partial charge in [0.25, 0.3) is 5.56 Å². The maximum absolute atomic E-state index is 11.9. The highest BCUT2D eigenvalue weighted by Crippen LogP contribution is 2.28. The number of nitrogens with zero attached hydrogens (tertiary/aromatic N) is 1. The highest BCUT2D eigenvalue weighted by Gasteiger charge is 2.27. The summed E-state index contributed by atoms with van der Waals surface area (Å²) < 4.78 is 6.98. The molecule has 0 aliphatic carbocycles. The van der Waals surface area contributed by atoms with Gasteiger partial charge in [0.15, 0.2) is 0 Å². The molecule has 0 amide bonds. The lowest BCUT2D eigenvalue weighted by molar-refractivity contribution is -0.0245. The predicted molar refractivity (Wildman–Crippen MR) is 74.9 cm³/mol. The second-order valence-corrected chi connectivity index (χ2v) is 5.61. The van der Waals surface area contributed by atoms with Crippen molar-refractivity contribution in [2.75, 3.05) is 6.61 Å². The summed E-state index contributed by atoms with van der Waals surface area (Å²) in [6.07, 6.45) is 2.19. The van der Waals surface area contributed by atoms with Gasteiger partial charge in [0.1, 0.15) is 6.23 Å². The maximum atomic E-state index is 11.9. The maximum Gasteiger partial charge on any atom is 0.330 e. The Morgan fingerprint density at radius 3 is 2.95 bits per heavy atom. The normalized spacial score (nSPS) is 22.2. The van der Waals surface area contributed by atoms with Crippen LogP contribution in [-0.4, -0.2) is 27.4 Å². The number of rotatable bonds is 3. The van der Waals surface area contributed by atoms with Crippen LogP contribution in [0.1, 0.15) is 19.1 Å². The summed E-state index contributed by atoms with van der Waals surface area (Å²) in [4.78, 5) is 26.9. The highest BCUT2D eigenvalue weighted by atomic mass is 32.1. The van der Waals surface area contributed by atoms with Crippen molar-refractivity contribution in [1.82, 2.24) is 9.55 Å². The van der Waals surface area contributed by atoms with Gasteiger partial charge in [0, 0.05) is 11.1 Å². The van der Waals surface area contributed by atoms with Gasteiger partial charge in [-0.1, -0.05) is 6.07 Å². The van der Waals surface area contributed by atoms with Crippen LogP contribution in [0.25, 0.3) is 10.4 Å². The Hall–Kier alpha value is -1.70. The first-order chi connectivity index (χ1) is 9.69. The van der Waals surface area contributed by atoms with Crippen molar-refractivity contribution >= 4 is 11.3 Å². The van der Waals surface area contributed by atoms with Gasteiger partial charge in [0.2, 0.25) is 0 Å². The summed E-state index contributed by atoms with van der Waals surface area (Å²) in [5, 5.41) is 11.0. The molecule has 1 fully saturated rings. The lowest BCUT2D eigenvalue weighted by Gasteiger charge is -2.15. The molecule has 20 heavy (non-hydrogen) atoms. The molecule has 3 rings (SSSR count). The lowest BCUT2D eigenvalue weighted by atomic mass is 10.2. The Bertz CT molecular complexity index is 704. The lowest BCUT2D eigenvalue weighted by Crippen LogP contribution is -2.33. The van der Waals surface area contributed by atoms with Gasteiger partial charge >= 0.3 is 5.69 Å². The number of hydrogen-bond acceptors (Lipinski definition) is 5. The van der Waals surface area contributed by atoms with E-state index in [1.54, 1.807) is 0 Å². The molecular weight excluding hydrogens is 280 g/mol. The van der Waals surface area contributed by atoms with E-state index in [1.807, 2.05) is 17.5 Å². The monoisotopic (exact) mass is 294 g/mol. The van der Waals surface area contributed by atoms with Crippen molar-refractivity contribution in [2.45, 2.75) is 25.2 Å². The molecule has 2 aromatic rings. The molecule has 2 N–H and O–H groups in total. The fraction of sp³-hybridized carbons (Fsp3) is 0.385. The number of hydrogen-bond donors (Lipinski definition) is 2. The average Bonchev–Trinajstić information content (AvgIpc) is 3.09. The molecule has 2 aromatic heterocycles. The number of ether oxygens (including phenoxy) is 1.